The molecule has 1 N–H and O–H groups in total. The minimum Gasteiger partial charge on any atom is -0.480 e. The molecule has 0 aromatic rings. The molecule has 19 heavy (non-hydrogen) atoms. The molecule has 0 fully saturated rings. The first-order valence-corrected chi connectivity index (χ1v) is 6.92. The highest BCUT2D eigenvalue weighted by Gasteiger charge is 2.25. The van der Waals surface area contributed by atoms with Gasteiger partial charge in [-0.15, -0.1) is 0 Å². The minimum atomic E-state index is -0.970. The summed E-state index contributed by atoms with van der Waals surface area (Å²) in [6.07, 6.45) is 0. The fourth-order valence-corrected chi connectivity index (χ4v) is 1.90. The highest BCUT2D eigenvalue weighted by atomic mass is 16.4. The summed E-state index contributed by atoms with van der Waals surface area (Å²) in [6.45, 7) is 12.8. The Morgan fingerprint density at radius 3 is 1.74 bits per heavy atom. The van der Waals surface area contributed by atoms with Crippen molar-refractivity contribution in [2.75, 3.05) is 19.6 Å². The van der Waals surface area contributed by atoms with Crippen LogP contribution in [0.25, 0.3) is 0 Å². The van der Waals surface area contributed by atoms with Crippen molar-refractivity contribution in [2.45, 2.75) is 47.6 Å². The molecule has 0 aromatic carbocycles. The Bertz CT molecular complexity index is 301. The first-order valence-electron chi connectivity index (χ1n) is 6.92. The highest BCUT2D eigenvalue weighted by molar-refractivity contribution is 5.80. The van der Waals surface area contributed by atoms with Gasteiger partial charge in [0.15, 0.2) is 0 Å². The Labute approximate surface area is 116 Å². The van der Waals surface area contributed by atoms with Crippen LogP contribution in [0.4, 0.5) is 4.79 Å². The predicted octanol–water partition coefficient (Wildman–Crippen LogP) is 2.52. The summed E-state index contributed by atoms with van der Waals surface area (Å²) in [4.78, 5) is 26.5. The van der Waals surface area contributed by atoms with Gasteiger partial charge in [-0.05, 0) is 25.7 Å². The highest BCUT2D eigenvalue weighted by Crippen LogP contribution is 2.10. The third-order valence-electron chi connectivity index (χ3n) is 2.61. The fourth-order valence-electron chi connectivity index (χ4n) is 1.90. The third-order valence-corrected chi connectivity index (χ3v) is 2.61. The van der Waals surface area contributed by atoms with E-state index in [0.29, 0.717) is 19.0 Å². The van der Waals surface area contributed by atoms with Crippen LogP contribution in [-0.2, 0) is 4.79 Å². The van der Waals surface area contributed by atoms with Gasteiger partial charge >= 0.3 is 12.0 Å². The number of rotatable bonds is 7. The number of amides is 2. The maximum Gasteiger partial charge on any atom is 0.323 e. The van der Waals surface area contributed by atoms with Crippen molar-refractivity contribution in [3.05, 3.63) is 0 Å². The largest absolute Gasteiger partial charge is 0.480 e. The van der Waals surface area contributed by atoms with E-state index in [2.05, 4.69) is 0 Å². The van der Waals surface area contributed by atoms with Gasteiger partial charge < -0.3 is 14.9 Å². The van der Waals surface area contributed by atoms with Gasteiger partial charge in [-0.2, -0.15) is 0 Å². The number of carbonyl (C=O) groups excluding carboxylic acids is 1. The smallest absolute Gasteiger partial charge is 0.323 e. The molecule has 0 atom stereocenters. The molecule has 0 saturated carbocycles. The predicted molar refractivity (Wildman–Crippen MR) is 76.1 cm³/mol. The van der Waals surface area contributed by atoms with Gasteiger partial charge in [0, 0.05) is 19.1 Å². The van der Waals surface area contributed by atoms with E-state index in [0.717, 1.165) is 0 Å². The zero-order chi connectivity index (χ0) is 15.2. The van der Waals surface area contributed by atoms with Crippen LogP contribution in [-0.4, -0.2) is 52.6 Å². The first kappa shape index (κ1) is 17.7. The Morgan fingerprint density at radius 1 is 0.947 bits per heavy atom. The van der Waals surface area contributed by atoms with Crippen molar-refractivity contribution in [3.8, 4) is 0 Å². The molecule has 0 saturated heterocycles. The molecule has 2 amide bonds. The second-order valence-electron chi connectivity index (χ2n) is 6.09. The molecule has 5 heteroatoms. The van der Waals surface area contributed by atoms with E-state index < -0.39 is 5.97 Å². The fraction of sp³-hybridized carbons (Fsp3) is 0.857. The standard InChI is InChI=1S/C14H28N2O3/c1-10(2)7-15(9-13(17)18)14(19)16(12(5)6)8-11(3)4/h10-12H,7-9H2,1-6H3,(H,17,18). The second-order valence-corrected chi connectivity index (χ2v) is 6.09. The molecule has 0 aliphatic rings. The van der Waals surface area contributed by atoms with Crippen molar-refractivity contribution in [3.63, 3.8) is 0 Å². The van der Waals surface area contributed by atoms with Crippen molar-refractivity contribution >= 4 is 12.0 Å². The molecule has 5 nitrogen and oxygen atoms in total. The van der Waals surface area contributed by atoms with E-state index in [1.54, 1.807) is 4.90 Å². The van der Waals surface area contributed by atoms with E-state index in [4.69, 9.17) is 5.11 Å². The van der Waals surface area contributed by atoms with Gasteiger partial charge in [-0.3, -0.25) is 4.79 Å². The Balaban J connectivity index is 4.94. The number of carboxylic acid groups (broad SMARTS) is 1. The van der Waals surface area contributed by atoms with Crippen LogP contribution in [0.3, 0.4) is 0 Å². The van der Waals surface area contributed by atoms with Crippen LogP contribution in [0.5, 0.6) is 0 Å². The summed E-state index contributed by atoms with van der Waals surface area (Å²) in [6, 6.07) is -0.113. The zero-order valence-corrected chi connectivity index (χ0v) is 13.0. The van der Waals surface area contributed by atoms with Crippen LogP contribution in [0.15, 0.2) is 0 Å². The molecule has 0 aromatic heterocycles. The maximum absolute atomic E-state index is 12.5. The van der Waals surface area contributed by atoms with Gasteiger partial charge in [0.25, 0.3) is 0 Å². The number of hydrogen-bond donors (Lipinski definition) is 1. The topological polar surface area (TPSA) is 60.9 Å². The molecule has 112 valence electrons. The lowest BCUT2D eigenvalue weighted by Crippen LogP contribution is -2.50. The van der Waals surface area contributed by atoms with E-state index >= 15 is 0 Å². The Hall–Kier alpha value is -1.26. The summed E-state index contributed by atoms with van der Waals surface area (Å²) in [5.74, 6) is -0.365. The molecule has 0 bridgehead atoms. The Kier molecular flexibility index (Phi) is 7.49. The summed E-state index contributed by atoms with van der Waals surface area (Å²) in [5.41, 5.74) is 0. The van der Waals surface area contributed by atoms with Crippen molar-refractivity contribution < 1.29 is 14.7 Å². The molecule has 0 aliphatic carbocycles. The Morgan fingerprint density at radius 2 is 1.42 bits per heavy atom. The molecule has 0 rings (SSSR count). The molecule has 0 aliphatic heterocycles. The molecule has 0 heterocycles. The van der Waals surface area contributed by atoms with Gasteiger partial charge in [-0.1, -0.05) is 27.7 Å². The molecular formula is C14H28N2O3. The van der Waals surface area contributed by atoms with Crippen LogP contribution in [0, 0.1) is 11.8 Å². The quantitative estimate of drug-likeness (QED) is 0.774. The zero-order valence-electron chi connectivity index (χ0n) is 13.0. The first-order chi connectivity index (χ1) is 8.65. The van der Waals surface area contributed by atoms with Gasteiger partial charge in [0.1, 0.15) is 6.54 Å². The van der Waals surface area contributed by atoms with Crippen LogP contribution >= 0.6 is 0 Å². The van der Waals surface area contributed by atoms with Crippen molar-refractivity contribution in [1.82, 2.24) is 9.80 Å². The van der Waals surface area contributed by atoms with E-state index in [1.165, 1.54) is 4.90 Å². The lowest BCUT2D eigenvalue weighted by atomic mass is 10.1. The maximum atomic E-state index is 12.5. The number of aliphatic carboxylic acids is 1. The van der Waals surface area contributed by atoms with Gasteiger partial charge in [0.2, 0.25) is 0 Å². The number of hydrogen-bond acceptors (Lipinski definition) is 2. The second kappa shape index (κ2) is 8.02. The SMILES string of the molecule is CC(C)CN(CC(=O)O)C(=O)N(CC(C)C)C(C)C. The number of carboxylic acids is 1. The lowest BCUT2D eigenvalue weighted by Gasteiger charge is -2.34. The van der Waals surface area contributed by atoms with E-state index in [-0.39, 0.29) is 24.5 Å². The van der Waals surface area contributed by atoms with Crippen LogP contribution < -0.4 is 0 Å². The lowest BCUT2D eigenvalue weighted by molar-refractivity contribution is -0.137. The minimum absolute atomic E-state index is 0.0679. The average Bonchev–Trinajstić information content (AvgIpc) is 2.22. The monoisotopic (exact) mass is 272 g/mol. The average molecular weight is 272 g/mol. The normalized spacial score (nSPS) is 11.2. The van der Waals surface area contributed by atoms with Crippen molar-refractivity contribution in [1.29, 1.82) is 0 Å². The van der Waals surface area contributed by atoms with Gasteiger partial charge in [0.05, 0.1) is 0 Å². The van der Waals surface area contributed by atoms with Crippen LogP contribution in [0.2, 0.25) is 0 Å². The molecule has 0 spiro atoms. The van der Waals surface area contributed by atoms with E-state index in [9.17, 15) is 9.59 Å². The van der Waals surface area contributed by atoms with E-state index in [1.807, 2.05) is 41.5 Å². The summed E-state index contributed by atoms with van der Waals surface area (Å²) in [7, 11) is 0. The summed E-state index contributed by atoms with van der Waals surface area (Å²) in [5, 5.41) is 8.94. The molecule has 0 radical (unpaired) electrons. The summed E-state index contributed by atoms with van der Waals surface area (Å²) >= 11 is 0. The van der Waals surface area contributed by atoms with Crippen molar-refractivity contribution in [2.24, 2.45) is 11.8 Å². The molecular weight excluding hydrogens is 244 g/mol. The van der Waals surface area contributed by atoms with Gasteiger partial charge in [-0.25, -0.2) is 4.79 Å². The number of carbonyl (C=O) groups is 2. The molecule has 0 unspecified atom stereocenters. The summed E-state index contributed by atoms with van der Waals surface area (Å²) < 4.78 is 0. The number of urea groups is 1. The third kappa shape index (κ3) is 7.03. The number of nitrogens with zero attached hydrogens (tertiary/aromatic N) is 2. The van der Waals surface area contributed by atoms with Crippen LogP contribution in [0.1, 0.15) is 41.5 Å².